The predicted octanol–water partition coefficient (Wildman–Crippen LogP) is 4.21. The highest BCUT2D eigenvalue weighted by molar-refractivity contribution is 5.27. The minimum Gasteiger partial charge on any atom is -0.261 e. The SMILES string of the molecule is CCC1CCC(c2c(C)cncc2F)CC1. The molecule has 0 aromatic carbocycles. The number of hydrogen-bond donors (Lipinski definition) is 0. The highest BCUT2D eigenvalue weighted by Crippen LogP contribution is 2.38. The molecule has 1 heterocycles. The molecule has 0 saturated heterocycles. The van der Waals surface area contributed by atoms with Crippen LogP contribution >= 0.6 is 0 Å². The predicted molar refractivity (Wildman–Crippen MR) is 63.9 cm³/mol. The van der Waals surface area contributed by atoms with Crippen molar-refractivity contribution < 1.29 is 4.39 Å². The van der Waals surface area contributed by atoms with Gasteiger partial charge in [-0.1, -0.05) is 13.3 Å². The summed E-state index contributed by atoms with van der Waals surface area (Å²) < 4.78 is 13.8. The van der Waals surface area contributed by atoms with Gasteiger partial charge < -0.3 is 0 Å². The Labute approximate surface area is 97.1 Å². The highest BCUT2D eigenvalue weighted by atomic mass is 19.1. The van der Waals surface area contributed by atoms with E-state index in [9.17, 15) is 4.39 Å². The molecule has 1 aromatic rings. The smallest absolute Gasteiger partial charge is 0.145 e. The number of hydrogen-bond acceptors (Lipinski definition) is 1. The maximum Gasteiger partial charge on any atom is 0.145 e. The van der Waals surface area contributed by atoms with Crippen molar-refractivity contribution in [2.24, 2.45) is 5.92 Å². The molecule has 0 N–H and O–H groups in total. The second kappa shape index (κ2) is 4.94. The highest BCUT2D eigenvalue weighted by Gasteiger charge is 2.24. The monoisotopic (exact) mass is 221 g/mol. The third-order valence-corrected chi connectivity index (χ3v) is 3.97. The first-order valence-corrected chi connectivity index (χ1v) is 6.32. The minimum atomic E-state index is -0.111. The lowest BCUT2D eigenvalue weighted by Crippen LogP contribution is -2.14. The van der Waals surface area contributed by atoms with Crippen LogP contribution in [-0.2, 0) is 0 Å². The molecule has 2 rings (SSSR count). The van der Waals surface area contributed by atoms with Gasteiger partial charge >= 0.3 is 0 Å². The first-order chi connectivity index (χ1) is 7.72. The van der Waals surface area contributed by atoms with E-state index in [4.69, 9.17) is 0 Å². The Bertz CT molecular complexity index is 334. The summed E-state index contributed by atoms with van der Waals surface area (Å²) in [7, 11) is 0. The zero-order chi connectivity index (χ0) is 11.5. The minimum absolute atomic E-state index is 0.111. The van der Waals surface area contributed by atoms with Gasteiger partial charge in [-0.05, 0) is 55.6 Å². The van der Waals surface area contributed by atoms with Crippen LogP contribution in [0.15, 0.2) is 12.4 Å². The van der Waals surface area contributed by atoms with Crippen molar-refractivity contribution in [3.05, 3.63) is 29.3 Å². The lowest BCUT2D eigenvalue weighted by molar-refractivity contribution is 0.313. The van der Waals surface area contributed by atoms with Crippen LogP contribution in [0.2, 0.25) is 0 Å². The molecule has 1 nitrogen and oxygen atoms in total. The summed E-state index contributed by atoms with van der Waals surface area (Å²) in [5.74, 6) is 1.17. The molecule has 88 valence electrons. The molecular weight excluding hydrogens is 201 g/mol. The van der Waals surface area contributed by atoms with Crippen LogP contribution in [0.4, 0.5) is 4.39 Å². The largest absolute Gasteiger partial charge is 0.261 e. The third-order valence-electron chi connectivity index (χ3n) is 3.97. The zero-order valence-corrected chi connectivity index (χ0v) is 10.2. The summed E-state index contributed by atoms with van der Waals surface area (Å²) >= 11 is 0. The Hall–Kier alpha value is -0.920. The van der Waals surface area contributed by atoms with Crippen LogP contribution in [0, 0.1) is 18.7 Å². The van der Waals surface area contributed by atoms with Gasteiger partial charge in [0.15, 0.2) is 0 Å². The fraction of sp³-hybridized carbons (Fsp3) is 0.643. The Morgan fingerprint density at radius 1 is 1.25 bits per heavy atom. The summed E-state index contributed by atoms with van der Waals surface area (Å²) in [5, 5.41) is 0. The van der Waals surface area contributed by atoms with Gasteiger partial charge in [0.25, 0.3) is 0 Å². The van der Waals surface area contributed by atoms with Crippen molar-refractivity contribution in [3.8, 4) is 0 Å². The van der Waals surface area contributed by atoms with Gasteiger partial charge in [-0.15, -0.1) is 0 Å². The van der Waals surface area contributed by atoms with Crippen LogP contribution in [-0.4, -0.2) is 4.98 Å². The molecule has 1 aromatic heterocycles. The Morgan fingerprint density at radius 3 is 2.50 bits per heavy atom. The Kier molecular flexibility index (Phi) is 3.57. The van der Waals surface area contributed by atoms with Crippen molar-refractivity contribution in [2.45, 2.75) is 51.9 Å². The van der Waals surface area contributed by atoms with Gasteiger partial charge in [0.1, 0.15) is 5.82 Å². The van der Waals surface area contributed by atoms with Crippen LogP contribution in [0.3, 0.4) is 0 Å². The molecule has 1 aliphatic rings. The quantitative estimate of drug-likeness (QED) is 0.729. The van der Waals surface area contributed by atoms with Crippen LogP contribution in [0.1, 0.15) is 56.1 Å². The number of nitrogens with zero attached hydrogens (tertiary/aromatic N) is 1. The normalized spacial score (nSPS) is 25.7. The van der Waals surface area contributed by atoms with Gasteiger partial charge in [-0.3, -0.25) is 4.98 Å². The van der Waals surface area contributed by atoms with Gasteiger partial charge in [-0.2, -0.15) is 0 Å². The van der Waals surface area contributed by atoms with E-state index in [0.717, 1.165) is 29.9 Å². The summed E-state index contributed by atoms with van der Waals surface area (Å²) in [5.41, 5.74) is 1.93. The number of aryl methyl sites for hydroxylation is 1. The summed E-state index contributed by atoms with van der Waals surface area (Å²) in [6.45, 7) is 4.22. The maximum absolute atomic E-state index is 13.8. The molecule has 0 radical (unpaired) electrons. The second-order valence-corrected chi connectivity index (χ2v) is 4.98. The number of aromatic nitrogens is 1. The maximum atomic E-state index is 13.8. The molecule has 0 atom stereocenters. The average Bonchev–Trinajstić information content (AvgIpc) is 2.30. The van der Waals surface area contributed by atoms with Crippen molar-refractivity contribution >= 4 is 0 Å². The van der Waals surface area contributed by atoms with Crippen LogP contribution in [0.5, 0.6) is 0 Å². The molecule has 0 aliphatic heterocycles. The lowest BCUT2D eigenvalue weighted by atomic mass is 9.77. The van der Waals surface area contributed by atoms with E-state index in [2.05, 4.69) is 11.9 Å². The standard InChI is InChI=1S/C14H20FN/c1-3-11-4-6-12(7-5-11)14-10(2)8-16-9-13(14)15/h8-9,11-12H,3-7H2,1-2H3. The lowest BCUT2D eigenvalue weighted by Gasteiger charge is -2.29. The van der Waals surface area contributed by atoms with E-state index in [1.165, 1.54) is 25.5 Å². The first-order valence-electron chi connectivity index (χ1n) is 6.32. The van der Waals surface area contributed by atoms with Gasteiger partial charge in [-0.25, -0.2) is 4.39 Å². The molecule has 1 fully saturated rings. The number of pyridine rings is 1. The van der Waals surface area contributed by atoms with Gasteiger partial charge in [0, 0.05) is 6.20 Å². The number of halogens is 1. The summed E-state index contributed by atoms with van der Waals surface area (Å²) in [4.78, 5) is 3.90. The van der Waals surface area contributed by atoms with Crippen molar-refractivity contribution in [2.75, 3.05) is 0 Å². The van der Waals surface area contributed by atoms with E-state index >= 15 is 0 Å². The molecule has 0 spiro atoms. The topological polar surface area (TPSA) is 12.9 Å². The summed E-state index contributed by atoms with van der Waals surface area (Å²) in [6.07, 6.45) is 9.19. The van der Waals surface area contributed by atoms with Crippen molar-refractivity contribution in [1.82, 2.24) is 4.98 Å². The molecule has 1 saturated carbocycles. The van der Waals surface area contributed by atoms with E-state index in [1.807, 2.05) is 6.92 Å². The van der Waals surface area contributed by atoms with E-state index in [-0.39, 0.29) is 5.82 Å². The Morgan fingerprint density at radius 2 is 1.94 bits per heavy atom. The van der Waals surface area contributed by atoms with Crippen LogP contribution in [0.25, 0.3) is 0 Å². The number of rotatable bonds is 2. The van der Waals surface area contributed by atoms with Gasteiger partial charge in [0.2, 0.25) is 0 Å². The summed E-state index contributed by atoms with van der Waals surface area (Å²) in [6, 6.07) is 0. The fourth-order valence-corrected chi connectivity index (χ4v) is 2.92. The zero-order valence-electron chi connectivity index (χ0n) is 10.2. The third kappa shape index (κ3) is 2.26. The van der Waals surface area contributed by atoms with Crippen molar-refractivity contribution in [1.29, 1.82) is 0 Å². The van der Waals surface area contributed by atoms with Crippen molar-refractivity contribution in [3.63, 3.8) is 0 Å². The Balaban J connectivity index is 2.14. The molecule has 2 heteroatoms. The van der Waals surface area contributed by atoms with E-state index < -0.39 is 0 Å². The molecule has 0 amide bonds. The van der Waals surface area contributed by atoms with Gasteiger partial charge in [0.05, 0.1) is 6.20 Å². The van der Waals surface area contributed by atoms with Crippen LogP contribution < -0.4 is 0 Å². The average molecular weight is 221 g/mol. The second-order valence-electron chi connectivity index (χ2n) is 4.98. The molecular formula is C14H20FN. The molecule has 0 bridgehead atoms. The van der Waals surface area contributed by atoms with E-state index in [1.54, 1.807) is 6.20 Å². The molecule has 16 heavy (non-hydrogen) atoms. The molecule has 0 unspecified atom stereocenters. The van der Waals surface area contributed by atoms with E-state index in [0.29, 0.717) is 5.92 Å². The first kappa shape index (κ1) is 11.6. The molecule has 1 aliphatic carbocycles. The fourth-order valence-electron chi connectivity index (χ4n) is 2.92.